The van der Waals surface area contributed by atoms with Crippen molar-refractivity contribution < 1.29 is 0 Å². The van der Waals surface area contributed by atoms with E-state index in [9.17, 15) is 0 Å². The third-order valence-electron chi connectivity index (χ3n) is 3.49. The fraction of sp³-hybridized carbons (Fsp3) is 0.812. The van der Waals surface area contributed by atoms with Crippen molar-refractivity contribution in [2.75, 3.05) is 6.54 Å². The molecule has 0 saturated carbocycles. The summed E-state index contributed by atoms with van der Waals surface area (Å²) in [6, 6.07) is 0.496. The van der Waals surface area contributed by atoms with Gasteiger partial charge in [-0.2, -0.15) is 0 Å². The Kier molecular flexibility index (Phi) is 7.80. The Balaban J connectivity index is 2.03. The molecule has 0 aliphatic carbocycles. The van der Waals surface area contributed by atoms with Crippen LogP contribution in [0.25, 0.3) is 0 Å². The highest BCUT2D eigenvalue weighted by Crippen LogP contribution is 2.10. The molecule has 1 heterocycles. The van der Waals surface area contributed by atoms with Crippen LogP contribution in [-0.2, 0) is 6.54 Å². The molecule has 0 spiro atoms. The van der Waals surface area contributed by atoms with E-state index in [0.717, 1.165) is 19.0 Å². The van der Waals surface area contributed by atoms with Gasteiger partial charge in [-0.25, -0.2) is 4.98 Å². The summed E-state index contributed by atoms with van der Waals surface area (Å²) < 4.78 is 2.23. The second-order valence-electron chi connectivity index (χ2n) is 6.16. The number of nitrogens with one attached hydrogen (secondary N) is 1. The Morgan fingerprint density at radius 3 is 2.53 bits per heavy atom. The second-order valence-corrected chi connectivity index (χ2v) is 6.16. The van der Waals surface area contributed by atoms with E-state index in [1.807, 2.05) is 12.5 Å². The molecular weight excluding hydrogens is 234 g/mol. The van der Waals surface area contributed by atoms with Gasteiger partial charge in [-0.15, -0.1) is 0 Å². The summed E-state index contributed by atoms with van der Waals surface area (Å²) in [5.41, 5.74) is 1.29. The summed E-state index contributed by atoms with van der Waals surface area (Å²) in [5, 5.41) is 3.52. The summed E-state index contributed by atoms with van der Waals surface area (Å²) >= 11 is 0. The molecule has 0 amide bonds. The van der Waals surface area contributed by atoms with Gasteiger partial charge in [0.2, 0.25) is 0 Å². The zero-order chi connectivity index (χ0) is 14.1. The van der Waals surface area contributed by atoms with Crippen LogP contribution in [0.4, 0.5) is 0 Å². The molecule has 0 aliphatic heterocycles. The summed E-state index contributed by atoms with van der Waals surface area (Å²) in [6.07, 6.45) is 10.7. The molecule has 0 aliphatic rings. The van der Waals surface area contributed by atoms with Crippen LogP contribution in [0.15, 0.2) is 12.5 Å². The molecule has 1 aromatic heterocycles. The van der Waals surface area contributed by atoms with Gasteiger partial charge in [-0.1, -0.05) is 39.5 Å². The molecule has 1 aromatic rings. The molecule has 3 nitrogen and oxygen atoms in total. The van der Waals surface area contributed by atoms with E-state index in [4.69, 9.17) is 0 Å². The van der Waals surface area contributed by atoms with Crippen molar-refractivity contribution in [1.29, 1.82) is 0 Å². The zero-order valence-corrected chi connectivity index (χ0v) is 13.2. The number of rotatable bonds is 10. The van der Waals surface area contributed by atoms with Gasteiger partial charge in [0.05, 0.1) is 12.0 Å². The van der Waals surface area contributed by atoms with E-state index in [-0.39, 0.29) is 0 Å². The van der Waals surface area contributed by atoms with Crippen molar-refractivity contribution in [3.8, 4) is 0 Å². The topological polar surface area (TPSA) is 29.9 Å². The van der Waals surface area contributed by atoms with Gasteiger partial charge in [0.25, 0.3) is 0 Å². The van der Waals surface area contributed by atoms with Crippen molar-refractivity contribution in [2.24, 2.45) is 5.92 Å². The standard InChI is InChI=1S/C16H31N3/c1-14(2)9-7-5-6-8-10-17-11-16-12-18-13-19(16)15(3)4/h12-15,17H,5-11H2,1-4H3. The summed E-state index contributed by atoms with van der Waals surface area (Å²) in [7, 11) is 0. The maximum Gasteiger partial charge on any atom is 0.0951 e. The van der Waals surface area contributed by atoms with Crippen LogP contribution >= 0.6 is 0 Å². The Labute approximate surface area is 118 Å². The fourth-order valence-corrected chi connectivity index (χ4v) is 2.31. The van der Waals surface area contributed by atoms with Crippen LogP contribution in [0.3, 0.4) is 0 Å². The number of hydrogen-bond donors (Lipinski definition) is 1. The molecule has 0 radical (unpaired) electrons. The SMILES string of the molecule is CC(C)CCCCCCNCc1cncn1C(C)C. The molecule has 1 rings (SSSR count). The molecule has 19 heavy (non-hydrogen) atoms. The number of unbranched alkanes of at least 4 members (excludes halogenated alkanes) is 3. The monoisotopic (exact) mass is 265 g/mol. The van der Waals surface area contributed by atoms with Crippen molar-refractivity contribution in [3.05, 3.63) is 18.2 Å². The highest BCUT2D eigenvalue weighted by molar-refractivity contribution is 4.99. The van der Waals surface area contributed by atoms with Gasteiger partial charge in [-0.05, 0) is 32.7 Å². The van der Waals surface area contributed by atoms with E-state index >= 15 is 0 Å². The lowest BCUT2D eigenvalue weighted by Gasteiger charge is -2.12. The second kappa shape index (κ2) is 9.13. The molecule has 110 valence electrons. The minimum atomic E-state index is 0.496. The molecule has 0 saturated heterocycles. The quantitative estimate of drug-likeness (QED) is 0.644. The fourth-order valence-electron chi connectivity index (χ4n) is 2.31. The molecule has 0 unspecified atom stereocenters. The van der Waals surface area contributed by atoms with E-state index in [1.54, 1.807) is 0 Å². The van der Waals surface area contributed by atoms with E-state index in [0.29, 0.717) is 6.04 Å². The number of hydrogen-bond acceptors (Lipinski definition) is 2. The first kappa shape index (κ1) is 16.2. The van der Waals surface area contributed by atoms with Crippen molar-refractivity contribution >= 4 is 0 Å². The molecule has 3 heteroatoms. The molecule has 0 atom stereocenters. The van der Waals surface area contributed by atoms with Crippen molar-refractivity contribution in [2.45, 2.75) is 72.4 Å². The summed E-state index contributed by atoms with van der Waals surface area (Å²) in [5.74, 6) is 0.856. The molecule has 0 fully saturated rings. The first-order valence-corrected chi connectivity index (χ1v) is 7.82. The third-order valence-corrected chi connectivity index (χ3v) is 3.49. The maximum atomic E-state index is 4.22. The highest BCUT2D eigenvalue weighted by atomic mass is 15.1. The van der Waals surface area contributed by atoms with E-state index in [1.165, 1.54) is 37.8 Å². The van der Waals surface area contributed by atoms with Crippen LogP contribution in [0.5, 0.6) is 0 Å². The van der Waals surface area contributed by atoms with E-state index in [2.05, 4.69) is 42.6 Å². The van der Waals surface area contributed by atoms with Crippen LogP contribution in [-0.4, -0.2) is 16.1 Å². The van der Waals surface area contributed by atoms with Crippen molar-refractivity contribution in [1.82, 2.24) is 14.9 Å². The average Bonchev–Trinajstić information content (AvgIpc) is 2.80. The predicted molar refractivity (Wildman–Crippen MR) is 82.2 cm³/mol. The predicted octanol–water partition coefficient (Wildman–Crippen LogP) is 4.16. The van der Waals surface area contributed by atoms with Gasteiger partial charge < -0.3 is 9.88 Å². The van der Waals surface area contributed by atoms with Gasteiger partial charge in [0.1, 0.15) is 0 Å². The largest absolute Gasteiger partial charge is 0.331 e. The van der Waals surface area contributed by atoms with Crippen LogP contribution in [0, 0.1) is 5.92 Å². The van der Waals surface area contributed by atoms with Gasteiger partial charge in [0, 0.05) is 18.8 Å². The maximum absolute atomic E-state index is 4.22. The smallest absolute Gasteiger partial charge is 0.0951 e. The van der Waals surface area contributed by atoms with E-state index < -0.39 is 0 Å². The minimum absolute atomic E-state index is 0.496. The van der Waals surface area contributed by atoms with Crippen LogP contribution < -0.4 is 5.32 Å². The van der Waals surface area contributed by atoms with Crippen molar-refractivity contribution in [3.63, 3.8) is 0 Å². The Morgan fingerprint density at radius 1 is 1.11 bits per heavy atom. The lowest BCUT2D eigenvalue weighted by atomic mass is 10.0. The number of nitrogens with zero attached hydrogens (tertiary/aromatic N) is 2. The first-order chi connectivity index (χ1) is 9.11. The lowest BCUT2D eigenvalue weighted by Crippen LogP contribution is -2.18. The van der Waals surface area contributed by atoms with Gasteiger partial charge in [-0.3, -0.25) is 0 Å². The molecule has 1 N–H and O–H groups in total. The average molecular weight is 265 g/mol. The minimum Gasteiger partial charge on any atom is -0.331 e. The zero-order valence-electron chi connectivity index (χ0n) is 13.2. The molecule has 0 aromatic carbocycles. The van der Waals surface area contributed by atoms with Crippen LogP contribution in [0.2, 0.25) is 0 Å². The molecule has 0 bridgehead atoms. The highest BCUT2D eigenvalue weighted by Gasteiger charge is 2.04. The lowest BCUT2D eigenvalue weighted by molar-refractivity contribution is 0.506. The summed E-state index contributed by atoms with van der Waals surface area (Å²) in [4.78, 5) is 4.22. The number of aromatic nitrogens is 2. The Hall–Kier alpha value is -0.830. The summed E-state index contributed by atoms with van der Waals surface area (Å²) in [6.45, 7) is 11.0. The first-order valence-electron chi connectivity index (χ1n) is 7.82. The normalized spacial score (nSPS) is 11.7. The third kappa shape index (κ3) is 6.76. The molecular formula is C16H31N3. The van der Waals surface area contributed by atoms with Crippen LogP contribution in [0.1, 0.15) is 71.5 Å². The Morgan fingerprint density at radius 2 is 1.84 bits per heavy atom. The number of imidazole rings is 1. The van der Waals surface area contributed by atoms with Gasteiger partial charge >= 0.3 is 0 Å². The Bertz CT molecular complexity index is 328. The van der Waals surface area contributed by atoms with Gasteiger partial charge in [0.15, 0.2) is 0 Å².